The third-order valence-electron chi connectivity index (χ3n) is 3.69. The molecule has 0 spiro atoms. The van der Waals surface area contributed by atoms with E-state index >= 15 is 0 Å². The van der Waals surface area contributed by atoms with E-state index in [0.717, 1.165) is 26.3 Å². The van der Waals surface area contributed by atoms with Crippen LogP contribution in [0, 0.1) is 0 Å². The van der Waals surface area contributed by atoms with Crippen LogP contribution in [0.3, 0.4) is 0 Å². The maximum absolute atomic E-state index is 5.83. The molecular formula is C11H19NO2. The zero-order valence-corrected chi connectivity index (χ0v) is 8.65. The van der Waals surface area contributed by atoms with E-state index in [0.29, 0.717) is 18.2 Å². The average molecular weight is 197 g/mol. The Hall–Kier alpha value is -0.120. The number of morpholine rings is 1. The number of rotatable bonds is 2. The highest BCUT2D eigenvalue weighted by Crippen LogP contribution is 2.29. The monoisotopic (exact) mass is 197 g/mol. The van der Waals surface area contributed by atoms with Crippen molar-refractivity contribution in [2.24, 2.45) is 0 Å². The summed E-state index contributed by atoms with van der Waals surface area (Å²) >= 11 is 0. The van der Waals surface area contributed by atoms with Gasteiger partial charge in [0, 0.05) is 19.1 Å². The molecule has 0 aromatic carbocycles. The molecule has 3 rings (SSSR count). The van der Waals surface area contributed by atoms with Crippen LogP contribution >= 0.6 is 0 Å². The minimum absolute atomic E-state index is 0.524. The van der Waals surface area contributed by atoms with Crippen molar-refractivity contribution in [3.8, 4) is 0 Å². The van der Waals surface area contributed by atoms with Gasteiger partial charge in [-0.3, -0.25) is 4.90 Å². The summed E-state index contributed by atoms with van der Waals surface area (Å²) in [4.78, 5) is 2.60. The normalized spacial score (nSPS) is 43.3. The average Bonchev–Trinajstić information content (AvgIpc) is 3.03. The molecule has 3 aliphatic rings. The van der Waals surface area contributed by atoms with E-state index in [-0.39, 0.29) is 0 Å². The number of fused-ring (bicyclic) bond motifs is 1. The summed E-state index contributed by atoms with van der Waals surface area (Å²) in [6, 6.07) is 0.696. The Morgan fingerprint density at radius 2 is 2.00 bits per heavy atom. The first-order chi connectivity index (χ1) is 6.93. The Kier molecular flexibility index (Phi) is 2.48. The maximum atomic E-state index is 5.83. The molecule has 3 atom stereocenters. The van der Waals surface area contributed by atoms with E-state index in [1.807, 2.05) is 0 Å². The van der Waals surface area contributed by atoms with Crippen molar-refractivity contribution in [2.75, 3.05) is 26.3 Å². The topological polar surface area (TPSA) is 25.0 Å². The van der Waals surface area contributed by atoms with E-state index < -0.39 is 0 Å². The van der Waals surface area contributed by atoms with E-state index in [1.54, 1.807) is 0 Å². The molecule has 0 aromatic rings. The summed E-state index contributed by atoms with van der Waals surface area (Å²) in [6.45, 7) is 4.16. The highest BCUT2D eigenvalue weighted by Gasteiger charge is 2.37. The molecule has 2 saturated heterocycles. The van der Waals surface area contributed by atoms with Gasteiger partial charge in [-0.1, -0.05) is 12.8 Å². The van der Waals surface area contributed by atoms with Gasteiger partial charge in [0.15, 0.2) is 0 Å². The van der Waals surface area contributed by atoms with Gasteiger partial charge in [0.2, 0.25) is 0 Å². The Morgan fingerprint density at radius 3 is 2.86 bits per heavy atom. The number of epoxide rings is 1. The molecule has 2 aliphatic heterocycles. The van der Waals surface area contributed by atoms with Gasteiger partial charge in [0.05, 0.1) is 25.4 Å². The zero-order valence-electron chi connectivity index (χ0n) is 8.65. The zero-order chi connectivity index (χ0) is 9.38. The quantitative estimate of drug-likeness (QED) is 0.618. The Labute approximate surface area is 85.4 Å². The number of ether oxygens (including phenoxy) is 2. The summed E-state index contributed by atoms with van der Waals surface area (Å²) in [5, 5.41) is 0. The highest BCUT2D eigenvalue weighted by atomic mass is 16.6. The molecular weight excluding hydrogens is 178 g/mol. The Morgan fingerprint density at radius 1 is 1.14 bits per heavy atom. The molecule has 2 unspecified atom stereocenters. The van der Waals surface area contributed by atoms with Crippen molar-refractivity contribution in [2.45, 2.75) is 43.9 Å². The van der Waals surface area contributed by atoms with E-state index in [1.165, 1.54) is 25.7 Å². The van der Waals surface area contributed by atoms with Gasteiger partial charge in [-0.25, -0.2) is 0 Å². The summed E-state index contributed by atoms with van der Waals surface area (Å²) < 4.78 is 11.1. The molecule has 1 saturated carbocycles. The van der Waals surface area contributed by atoms with Crippen LogP contribution in [0.25, 0.3) is 0 Å². The van der Waals surface area contributed by atoms with Crippen molar-refractivity contribution >= 4 is 0 Å². The predicted octanol–water partition coefficient (Wildman–Crippen LogP) is 1.03. The molecule has 0 amide bonds. The lowest BCUT2D eigenvalue weighted by Crippen LogP contribution is -2.53. The summed E-state index contributed by atoms with van der Waals surface area (Å²) in [6.07, 6.45) is 6.40. The largest absolute Gasteiger partial charge is 0.375 e. The second-order valence-corrected chi connectivity index (χ2v) is 4.71. The molecule has 2 heterocycles. The third kappa shape index (κ3) is 1.81. The number of hydrogen-bond donors (Lipinski definition) is 0. The predicted molar refractivity (Wildman–Crippen MR) is 53.3 cm³/mol. The second kappa shape index (κ2) is 3.80. The van der Waals surface area contributed by atoms with Crippen LogP contribution in [0.15, 0.2) is 0 Å². The fourth-order valence-electron chi connectivity index (χ4n) is 2.84. The Balaban J connectivity index is 1.63. The maximum Gasteiger partial charge on any atom is 0.0936 e. The van der Waals surface area contributed by atoms with Crippen LogP contribution in [0.1, 0.15) is 25.7 Å². The fraction of sp³-hybridized carbons (Fsp3) is 1.00. The van der Waals surface area contributed by atoms with Crippen LogP contribution in [0.5, 0.6) is 0 Å². The third-order valence-corrected chi connectivity index (χ3v) is 3.69. The standard InChI is InChI=1S/C11H19NO2/c1-2-4-11-10(3-1)12(5-6-13-11)7-9-8-14-9/h9-11H,1-8H2/t9-,10?,11?/m1/s1. The Bertz CT molecular complexity index is 203. The molecule has 0 aromatic heterocycles. The first-order valence-electron chi connectivity index (χ1n) is 5.91. The molecule has 0 radical (unpaired) electrons. The first kappa shape index (κ1) is 9.13. The second-order valence-electron chi connectivity index (χ2n) is 4.71. The molecule has 1 aliphatic carbocycles. The minimum Gasteiger partial charge on any atom is -0.375 e. The van der Waals surface area contributed by atoms with Crippen molar-refractivity contribution in [1.82, 2.24) is 4.90 Å². The van der Waals surface area contributed by atoms with E-state index in [9.17, 15) is 0 Å². The van der Waals surface area contributed by atoms with Gasteiger partial charge in [-0.05, 0) is 12.8 Å². The van der Waals surface area contributed by atoms with E-state index in [2.05, 4.69) is 4.90 Å². The van der Waals surface area contributed by atoms with Crippen LogP contribution in [-0.4, -0.2) is 49.5 Å². The molecule has 3 nitrogen and oxygen atoms in total. The smallest absolute Gasteiger partial charge is 0.0936 e. The first-order valence-corrected chi connectivity index (χ1v) is 5.91. The molecule has 0 N–H and O–H groups in total. The number of nitrogens with zero attached hydrogens (tertiary/aromatic N) is 1. The minimum atomic E-state index is 0.524. The van der Waals surface area contributed by atoms with E-state index in [4.69, 9.17) is 9.47 Å². The van der Waals surface area contributed by atoms with Crippen LogP contribution < -0.4 is 0 Å². The van der Waals surface area contributed by atoms with Crippen LogP contribution in [0.2, 0.25) is 0 Å². The van der Waals surface area contributed by atoms with Crippen molar-refractivity contribution in [1.29, 1.82) is 0 Å². The molecule has 80 valence electrons. The van der Waals surface area contributed by atoms with Crippen molar-refractivity contribution in [3.05, 3.63) is 0 Å². The molecule has 0 bridgehead atoms. The fourth-order valence-corrected chi connectivity index (χ4v) is 2.84. The van der Waals surface area contributed by atoms with Crippen molar-refractivity contribution < 1.29 is 9.47 Å². The van der Waals surface area contributed by atoms with Gasteiger partial charge < -0.3 is 9.47 Å². The lowest BCUT2D eigenvalue weighted by molar-refractivity contribution is -0.0892. The van der Waals surface area contributed by atoms with Gasteiger partial charge in [-0.2, -0.15) is 0 Å². The summed E-state index contributed by atoms with van der Waals surface area (Å²) in [5.74, 6) is 0. The van der Waals surface area contributed by atoms with Crippen molar-refractivity contribution in [3.63, 3.8) is 0 Å². The van der Waals surface area contributed by atoms with Crippen LogP contribution in [-0.2, 0) is 9.47 Å². The molecule has 3 fully saturated rings. The molecule has 14 heavy (non-hydrogen) atoms. The van der Waals surface area contributed by atoms with Gasteiger partial charge >= 0.3 is 0 Å². The number of hydrogen-bond acceptors (Lipinski definition) is 3. The van der Waals surface area contributed by atoms with Gasteiger partial charge in [-0.15, -0.1) is 0 Å². The van der Waals surface area contributed by atoms with Gasteiger partial charge in [0.1, 0.15) is 0 Å². The van der Waals surface area contributed by atoms with Gasteiger partial charge in [0.25, 0.3) is 0 Å². The lowest BCUT2D eigenvalue weighted by Gasteiger charge is -2.43. The van der Waals surface area contributed by atoms with Crippen LogP contribution in [0.4, 0.5) is 0 Å². The summed E-state index contributed by atoms with van der Waals surface area (Å²) in [7, 11) is 0. The molecule has 3 heteroatoms. The lowest BCUT2D eigenvalue weighted by atomic mass is 9.90. The SMILES string of the molecule is C1CCC2C(C1)OCCN2C[C@@H]1CO1. The summed E-state index contributed by atoms with van der Waals surface area (Å²) in [5.41, 5.74) is 0. The highest BCUT2D eigenvalue weighted by molar-refractivity contribution is 4.89.